The third kappa shape index (κ3) is 3.51. The third-order valence-corrected chi connectivity index (χ3v) is 3.58. The van der Waals surface area contributed by atoms with Gasteiger partial charge in [0.15, 0.2) is 0 Å². The zero-order chi connectivity index (χ0) is 9.90. The van der Waals surface area contributed by atoms with Crippen LogP contribution < -0.4 is 0 Å². The molecule has 1 aliphatic rings. The molecule has 1 saturated carbocycles. The van der Waals surface area contributed by atoms with Crippen molar-refractivity contribution in [3.63, 3.8) is 0 Å². The molecule has 1 nitrogen and oxygen atoms in total. The van der Waals surface area contributed by atoms with E-state index in [1.165, 1.54) is 25.7 Å². The van der Waals surface area contributed by atoms with Crippen LogP contribution in [0.1, 0.15) is 39.5 Å². The van der Waals surface area contributed by atoms with E-state index in [0.717, 1.165) is 18.3 Å². The second kappa shape index (κ2) is 4.70. The first kappa shape index (κ1) is 11.4. The molecule has 0 N–H and O–H groups in total. The summed E-state index contributed by atoms with van der Waals surface area (Å²) in [5, 5.41) is 0. The molecule has 1 fully saturated rings. The lowest BCUT2D eigenvalue weighted by molar-refractivity contribution is 0.133. The molecule has 0 atom stereocenters. The van der Waals surface area contributed by atoms with Crippen LogP contribution in [0.5, 0.6) is 0 Å². The number of nitrogens with zero attached hydrogens (tertiary/aromatic N) is 1. The van der Waals surface area contributed by atoms with Gasteiger partial charge in [0.1, 0.15) is 0 Å². The molecule has 1 rings (SSSR count). The van der Waals surface area contributed by atoms with Crippen molar-refractivity contribution in [2.45, 2.75) is 45.6 Å². The van der Waals surface area contributed by atoms with E-state index < -0.39 is 0 Å². The molecule has 0 heterocycles. The first-order chi connectivity index (χ1) is 6.05. The summed E-state index contributed by atoms with van der Waals surface area (Å²) >= 11 is 4.27. The van der Waals surface area contributed by atoms with Crippen LogP contribution in [-0.2, 0) is 0 Å². The molecule has 0 aromatic rings. The standard InChI is InChI=1S/C11H23NS/c1-11(2)6-4-10(5-7-11)12(3)8-9-13/h10,13H,4-9H2,1-3H3. The van der Waals surface area contributed by atoms with E-state index >= 15 is 0 Å². The summed E-state index contributed by atoms with van der Waals surface area (Å²) in [4.78, 5) is 2.47. The van der Waals surface area contributed by atoms with Crippen LogP contribution in [0.15, 0.2) is 0 Å². The minimum atomic E-state index is 0.596. The van der Waals surface area contributed by atoms with Crippen molar-refractivity contribution in [3.05, 3.63) is 0 Å². The number of thiol groups is 1. The lowest BCUT2D eigenvalue weighted by atomic mass is 9.75. The number of rotatable bonds is 3. The van der Waals surface area contributed by atoms with E-state index in [-0.39, 0.29) is 0 Å². The van der Waals surface area contributed by atoms with Crippen LogP contribution in [-0.4, -0.2) is 30.3 Å². The van der Waals surface area contributed by atoms with Gasteiger partial charge < -0.3 is 4.90 Å². The molecule has 0 radical (unpaired) electrons. The smallest absolute Gasteiger partial charge is 0.00929 e. The molecular formula is C11H23NS. The van der Waals surface area contributed by atoms with Crippen LogP contribution in [0.25, 0.3) is 0 Å². The maximum Gasteiger partial charge on any atom is 0.00929 e. The summed E-state index contributed by atoms with van der Waals surface area (Å²) < 4.78 is 0. The Bertz CT molecular complexity index is 146. The summed E-state index contributed by atoms with van der Waals surface area (Å²) in [5.41, 5.74) is 0.596. The first-order valence-electron chi connectivity index (χ1n) is 5.36. The van der Waals surface area contributed by atoms with E-state index in [1.54, 1.807) is 0 Å². The van der Waals surface area contributed by atoms with Crippen LogP contribution in [0, 0.1) is 5.41 Å². The Morgan fingerprint density at radius 3 is 2.31 bits per heavy atom. The highest BCUT2D eigenvalue weighted by molar-refractivity contribution is 7.80. The van der Waals surface area contributed by atoms with E-state index in [0.29, 0.717) is 5.41 Å². The van der Waals surface area contributed by atoms with E-state index in [4.69, 9.17) is 0 Å². The van der Waals surface area contributed by atoms with Gasteiger partial charge in [-0.3, -0.25) is 0 Å². The fraction of sp³-hybridized carbons (Fsp3) is 1.00. The Balaban J connectivity index is 2.32. The maximum atomic E-state index is 4.27. The van der Waals surface area contributed by atoms with Crippen molar-refractivity contribution in [2.24, 2.45) is 5.41 Å². The fourth-order valence-corrected chi connectivity index (χ4v) is 2.48. The average Bonchev–Trinajstić information content (AvgIpc) is 2.04. The highest BCUT2D eigenvalue weighted by Gasteiger charge is 2.28. The highest BCUT2D eigenvalue weighted by Crippen LogP contribution is 2.36. The molecule has 0 bridgehead atoms. The molecule has 0 aromatic carbocycles. The summed E-state index contributed by atoms with van der Waals surface area (Å²) in [5.74, 6) is 0.983. The minimum Gasteiger partial charge on any atom is -0.303 e. The Hall–Kier alpha value is 0.310. The lowest BCUT2D eigenvalue weighted by Crippen LogP contribution is -2.38. The van der Waals surface area contributed by atoms with Gasteiger partial charge in [0, 0.05) is 18.3 Å². The highest BCUT2D eigenvalue weighted by atomic mass is 32.1. The Morgan fingerprint density at radius 1 is 1.31 bits per heavy atom. The number of hydrogen-bond acceptors (Lipinski definition) is 2. The van der Waals surface area contributed by atoms with Crippen LogP contribution in [0.3, 0.4) is 0 Å². The zero-order valence-electron chi connectivity index (χ0n) is 9.21. The largest absolute Gasteiger partial charge is 0.303 e. The summed E-state index contributed by atoms with van der Waals surface area (Å²) in [6.07, 6.45) is 5.51. The normalized spacial score (nSPS) is 23.8. The zero-order valence-corrected chi connectivity index (χ0v) is 10.1. The summed E-state index contributed by atoms with van der Waals surface area (Å²) in [7, 11) is 2.24. The van der Waals surface area contributed by atoms with E-state index in [9.17, 15) is 0 Å². The van der Waals surface area contributed by atoms with Crippen molar-refractivity contribution >= 4 is 12.6 Å². The maximum absolute atomic E-state index is 4.27. The average molecular weight is 201 g/mol. The lowest BCUT2D eigenvalue weighted by Gasteiger charge is -2.38. The third-order valence-electron chi connectivity index (χ3n) is 3.38. The predicted octanol–water partition coefficient (Wildman–Crippen LogP) is 2.82. The monoisotopic (exact) mass is 201 g/mol. The predicted molar refractivity (Wildman–Crippen MR) is 62.5 cm³/mol. The Labute approximate surface area is 88.3 Å². The van der Waals surface area contributed by atoms with Gasteiger partial charge in [-0.1, -0.05) is 13.8 Å². The van der Waals surface area contributed by atoms with Crippen molar-refractivity contribution in [1.82, 2.24) is 4.90 Å². The fourth-order valence-electron chi connectivity index (χ4n) is 2.17. The SMILES string of the molecule is CN(CCS)C1CCC(C)(C)CC1. The number of hydrogen-bond donors (Lipinski definition) is 1. The molecule has 0 aromatic heterocycles. The van der Waals surface area contributed by atoms with E-state index in [2.05, 4.69) is 38.4 Å². The molecule has 0 saturated heterocycles. The van der Waals surface area contributed by atoms with E-state index in [1.807, 2.05) is 0 Å². The molecule has 0 amide bonds. The second-order valence-corrected chi connectivity index (χ2v) is 5.55. The van der Waals surface area contributed by atoms with Gasteiger partial charge in [-0.05, 0) is 38.1 Å². The Kier molecular flexibility index (Phi) is 4.11. The topological polar surface area (TPSA) is 3.24 Å². The van der Waals surface area contributed by atoms with Gasteiger partial charge in [-0.25, -0.2) is 0 Å². The molecule has 78 valence electrons. The van der Waals surface area contributed by atoms with Crippen molar-refractivity contribution in [2.75, 3.05) is 19.3 Å². The van der Waals surface area contributed by atoms with Crippen molar-refractivity contribution < 1.29 is 0 Å². The quantitative estimate of drug-likeness (QED) is 0.687. The molecule has 1 aliphatic carbocycles. The molecule has 0 unspecified atom stereocenters. The van der Waals surface area contributed by atoms with Gasteiger partial charge >= 0.3 is 0 Å². The summed E-state index contributed by atoms with van der Waals surface area (Å²) in [6.45, 7) is 5.91. The molecule has 0 aliphatic heterocycles. The summed E-state index contributed by atoms with van der Waals surface area (Å²) in [6, 6.07) is 0.820. The van der Waals surface area contributed by atoms with Gasteiger partial charge in [-0.2, -0.15) is 12.6 Å². The van der Waals surface area contributed by atoms with Gasteiger partial charge in [0.05, 0.1) is 0 Å². The van der Waals surface area contributed by atoms with Gasteiger partial charge in [0.2, 0.25) is 0 Å². The van der Waals surface area contributed by atoms with Crippen LogP contribution in [0.4, 0.5) is 0 Å². The van der Waals surface area contributed by atoms with Crippen LogP contribution in [0.2, 0.25) is 0 Å². The second-order valence-electron chi connectivity index (χ2n) is 5.10. The van der Waals surface area contributed by atoms with Gasteiger partial charge in [-0.15, -0.1) is 0 Å². The van der Waals surface area contributed by atoms with Gasteiger partial charge in [0.25, 0.3) is 0 Å². The minimum absolute atomic E-state index is 0.596. The Morgan fingerprint density at radius 2 is 1.85 bits per heavy atom. The van der Waals surface area contributed by atoms with Crippen LogP contribution >= 0.6 is 12.6 Å². The molecule has 13 heavy (non-hydrogen) atoms. The molecule has 2 heteroatoms. The van der Waals surface area contributed by atoms with Crippen molar-refractivity contribution in [1.29, 1.82) is 0 Å². The molecule has 0 spiro atoms. The van der Waals surface area contributed by atoms with Crippen molar-refractivity contribution in [3.8, 4) is 0 Å². The first-order valence-corrected chi connectivity index (χ1v) is 5.99. The molecular weight excluding hydrogens is 178 g/mol.